The lowest BCUT2D eigenvalue weighted by atomic mass is 10.1. The SMILES string of the molecule is COc1cc(/C=N\NC(=O)c2ccccc2-n2cccc2)ccc1OS(=O)(=O)c1cccc([N+](=O)[O-])c1. The molecule has 1 aromatic heterocycles. The molecule has 1 amide bonds. The van der Waals surface area contributed by atoms with Crippen LogP contribution >= 0.6 is 0 Å². The average molecular weight is 521 g/mol. The monoisotopic (exact) mass is 520 g/mol. The van der Waals surface area contributed by atoms with Crippen molar-refractivity contribution < 1.29 is 27.1 Å². The Labute approximate surface area is 211 Å². The molecule has 11 nitrogen and oxygen atoms in total. The van der Waals surface area contributed by atoms with Crippen molar-refractivity contribution in [1.29, 1.82) is 0 Å². The molecule has 1 heterocycles. The van der Waals surface area contributed by atoms with E-state index in [4.69, 9.17) is 8.92 Å². The Morgan fingerprint density at radius 1 is 1.00 bits per heavy atom. The number of nitro groups is 1. The lowest BCUT2D eigenvalue weighted by molar-refractivity contribution is -0.385. The van der Waals surface area contributed by atoms with Crippen LogP contribution in [0.15, 0.2) is 101 Å². The maximum atomic E-state index is 12.7. The molecule has 0 aliphatic heterocycles. The molecular weight excluding hydrogens is 500 g/mol. The maximum absolute atomic E-state index is 12.7. The molecule has 188 valence electrons. The van der Waals surface area contributed by atoms with Gasteiger partial charge in [0, 0.05) is 24.5 Å². The zero-order chi connectivity index (χ0) is 26.4. The molecule has 0 radical (unpaired) electrons. The third-order valence-corrected chi connectivity index (χ3v) is 6.35. The van der Waals surface area contributed by atoms with Gasteiger partial charge in [-0.2, -0.15) is 13.5 Å². The number of ether oxygens (including phenoxy) is 1. The molecule has 0 saturated carbocycles. The second-order valence-electron chi connectivity index (χ2n) is 7.51. The Balaban J connectivity index is 1.49. The lowest BCUT2D eigenvalue weighted by Crippen LogP contribution is -2.19. The standard InChI is InChI=1S/C25H20N4O7S/c1-35-24-15-18(11-12-23(24)36-37(33,34)20-8-6-7-19(16-20)29(31)32)17-26-27-25(30)21-9-2-3-10-22(21)28-13-4-5-14-28/h2-17H,1H3,(H,27,30)/b26-17-. The van der Waals surface area contributed by atoms with E-state index in [1.54, 1.807) is 12.1 Å². The number of hydrazone groups is 1. The zero-order valence-electron chi connectivity index (χ0n) is 19.3. The zero-order valence-corrected chi connectivity index (χ0v) is 20.2. The molecule has 12 heteroatoms. The summed E-state index contributed by atoms with van der Waals surface area (Å²) in [5, 5.41) is 14.9. The summed E-state index contributed by atoms with van der Waals surface area (Å²) in [6, 6.07) is 19.6. The number of non-ortho nitro benzene ring substituents is 1. The third-order valence-electron chi connectivity index (χ3n) is 5.12. The number of carbonyl (C=O) groups is 1. The van der Waals surface area contributed by atoms with E-state index in [2.05, 4.69) is 10.5 Å². The molecule has 3 aromatic carbocycles. The second-order valence-corrected chi connectivity index (χ2v) is 9.06. The number of benzene rings is 3. The van der Waals surface area contributed by atoms with Gasteiger partial charge in [0.25, 0.3) is 11.6 Å². The summed E-state index contributed by atoms with van der Waals surface area (Å²) < 4.78 is 37.5. The van der Waals surface area contributed by atoms with Crippen LogP contribution in [0.25, 0.3) is 5.69 Å². The van der Waals surface area contributed by atoms with Gasteiger partial charge >= 0.3 is 10.1 Å². The van der Waals surface area contributed by atoms with Crippen molar-refractivity contribution in [3.63, 3.8) is 0 Å². The van der Waals surface area contributed by atoms with E-state index in [-0.39, 0.29) is 22.1 Å². The summed E-state index contributed by atoms with van der Waals surface area (Å²) in [5.74, 6) is -0.478. The van der Waals surface area contributed by atoms with Gasteiger partial charge in [0.15, 0.2) is 11.5 Å². The van der Waals surface area contributed by atoms with Gasteiger partial charge in [-0.05, 0) is 54.1 Å². The van der Waals surface area contributed by atoms with Crippen molar-refractivity contribution in [3.05, 3.63) is 112 Å². The summed E-state index contributed by atoms with van der Waals surface area (Å²) in [6.07, 6.45) is 5.01. The minimum atomic E-state index is -4.37. The highest BCUT2D eigenvalue weighted by Gasteiger charge is 2.22. The first kappa shape index (κ1) is 25.1. The highest BCUT2D eigenvalue weighted by molar-refractivity contribution is 7.87. The molecule has 0 bridgehead atoms. The van der Waals surface area contributed by atoms with Crippen LogP contribution in [0.5, 0.6) is 11.5 Å². The van der Waals surface area contributed by atoms with E-state index in [1.165, 1.54) is 49.7 Å². The minimum Gasteiger partial charge on any atom is -0.493 e. The van der Waals surface area contributed by atoms with Gasteiger partial charge in [-0.15, -0.1) is 0 Å². The van der Waals surface area contributed by atoms with Crippen molar-refractivity contribution in [2.45, 2.75) is 4.90 Å². The van der Waals surface area contributed by atoms with Crippen LogP contribution in [-0.4, -0.2) is 37.1 Å². The fourth-order valence-electron chi connectivity index (χ4n) is 3.36. The minimum absolute atomic E-state index is 0.0715. The van der Waals surface area contributed by atoms with Crippen molar-refractivity contribution >= 4 is 27.9 Å². The first-order valence-electron chi connectivity index (χ1n) is 10.7. The molecule has 0 fully saturated rings. The number of rotatable bonds is 9. The van der Waals surface area contributed by atoms with Crippen LogP contribution < -0.4 is 14.3 Å². The summed E-state index contributed by atoms with van der Waals surface area (Å²) in [4.78, 5) is 22.6. The number of nitro benzene ring substituents is 1. The fourth-order valence-corrected chi connectivity index (χ4v) is 4.34. The van der Waals surface area contributed by atoms with Crippen LogP contribution in [0.1, 0.15) is 15.9 Å². The molecule has 4 rings (SSSR count). The van der Waals surface area contributed by atoms with E-state index in [0.717, 1.165) is 6.07 Å². The number of nitrogens with zero attached hydrogens (tertiary/aromatic N) is 3. The highest BCUT2D eigenvalue weighted by atomic mass is 32.2. The predicted molar refractivity (Wildman–Crippen MR) is 135 cm³/mol. The van der Waals surface area contributed by atoms with E-state index < -0.39 is 20.9 Å². The predicted octanol–water partition coefficient (Wildman–Crippen LogP) is 3.93. The largest absolute Gasteiger partial charge is 0.493 e. The fraction of sp³-hybridized carbons (Fsp3) is 0.0400. The van der Waals surface area contributed by atoms with Crippen LogP contribution in [0.4, 0.5) is 5.69 Å². The van der Waals surface area contributed by atoms with E-state index >= 15 is 0 Å². The molecule has 0 unspecified atom stereocenters. The highest BCUT2D eigenvalue weighted by Crippen LogP contribution is 2.31. The van der Waals surface area contributed by atoms with E-state index in [9.17, 15) is 23.3 Å². The Morgan fingerprint density at radius 2 is 1.76 bits per heavy atom. The van der Waals surface area contributed by atoms with Crippen LogP contribution in [0, 0.1) is 10.1 Å². The Hall–Kier alpha value is -4.97. The molecule has 4 aromatic rings. The normalized spacial score (nSPS) is 11.3. The summed E-state index contributed by atoms with van der Waals surface area (Å²) in [6.45, 7) is 0. The van der Waals surface area contributed by atoms with Gasteiger partial charge in [-0.25, -0.2) is 5.43 Å². The van der Waals surface area contributed by atoms with Gasteiger partial charge in [-0.1, -0.05) is 18.2 Å². The number of amides is 1. The first-order chi connectivity index (χ1) is 17.8. The van der Waals surface area contributed by atoms with Crippen LogP contribution in [0.3, 0.4) is 0 Å². The molecule has 0 aliphatic rings. The Kier molecular flexibility index (Phi) is 7.30. The molecule has 37 heavy (non-hydrogen) atoms. The lowest BCUT2D eigenvalue weighted by Gasteiger charge is -2.11. The van der Waals surface area contributed by atoms with Gasteiger partial charge < -0.3 is 13.5 Å². The van der Waals surface area contributed by atoms with Crippen molar-refractivity contribution in [1.82, 2.24) is 9.99 Å². The van der Waals surface area contributed by atoms with Crippen molar-refractivity contribution in [3.8, 4) is 17.2 Å². The molecule has 1 N–H and O–H groups in total. The Morgan fingerprint density at radius 3 is 2.49 bits per heavy atom. The molecule has 0 saturated heterocycles. The van der Waals surface area contributed by atoms with E-state index in [1.807, 2.05) is 41.2 Å². The first-order valence-corrected chi connectivity index (χ1v) is 12.1. The topological polar surface area (TPSA) is 142 Å². The number of hydrogen-bond donors (Lipinski definition) is 1. The van der Waals surface area contributed by atoms with Crippen molar-refractivity contribution in [2.75, 3.05) is 7.11 Å². The Bertz CT molecular complexity index is 1580. The van der Waals surface area contributed by atoms with Gasteiger partial charge in [-0.3, -0.25) is 14.9 Å². The quantitative estimate of drug-likeness (QED) is 0.152. The van der Waals surface area contributed by atoms with Gasteiger partial charge in [0.2, 0.25) is 0 Å². The molecule has 0 aliphatic carbocycles. The van der Waals surface area contributed by atoms with Gasteiger partial charge in [0.05, 0.1) is 29.5 Å². The molecule has 0 spiro atoms. The van der Waals surface area contributed by atoms with Crippen molar-refractivity contribution in [2.24, 2.45) is 5.10 Å². The van der Waals surface area contributed by atoms with Crippen LogP contribution in [0.2, 0.25) is 0 Å². The second kappa shape index (κ2) is 10.7. The number of carbonyl (C=O) groups excluding carboxylic acids is 1. The average Bonchev–Trinajstić information content (AvgIpc) is 3.44. The summed E-state index contributed by atoms with van der Waals surface area (Å²) in [5.41, 5.74) is 3.67. The molecular formula is C25H20N4O7S. The number of methoxy groups -OCH3 is 1. The summed E-state index contributed by atoms with van der Waals surface area (Å²) in [7, 11) is -3.05. The maximum Gasteiger partial charge on any atom is 0.339 e. The third kappa shape index (κ3) is 5.82. The molecule has 0 atom stereocenters. The number of nitrogens with one attached hydrogen (secondary N) is 1. The number of para-hydroxylation sites is 1. The number of aromatic nitrogens is 1. The van der Waals surface area contributed by atoms with Crippen LogP contribution in [-0.2, 0) is 10.1 Å². The van der Waals surface area contributed by atoms with Gasteiger partial charge in [0.1, 0.15) is 4.90 Å². The summed E-state index contributed by atoms with van der Waals surface area (Å²) >= 11 is 0. The number of hydrogen-bond acceptors (Lipinski definition) is 8. The van der Waals surface area contributed by atoms with E-state index in [0.29, 0.717) is 16.8 Å². The smallest absolute Gasteiger partial charge is 0.339 e.